The zero-order valence-electron chi connectivity index (χ0n) is 15.1. The lowest BCUT2D eigenvalue weighted by Gasteiger charge is -2.15. The van der Waals surface area contributed by atoms with Crippen LogP contribution in [0.4, 0.5) is 5.69 Å². The lowest BCUT2D eigenvalue weighted by molar-refractivity contribution is -0.117. The first-order valence-corrected chi connectivity index (χ1v) is 9.88. The number of anilines is 1. The van der Waals surface area contributed by atoms with E-state index in [2.05, 4.69) is 16.4 Å². The summed E-state index contributed by atoms with van der Waals surface area (Å²) >= 11 is 1.68. The van der Waals surface area contributed by atoms with Crippen LogP contribution in [-0.2, 0) is 4.79 Å². The molecular formula is C23H20N2OS. The summed E-state index contributed by atoms with van der Waals surface area (Å²) in [5, 5.41) is 4.03. The Morgan fingerprint density at radius 2 is 1.67 bits per heavy atom. The first kappa shape index (κ1) is 17.4. The molecule has 134 valence electrons. The molecule has 0 aliphatic heterocycles. The van der Waals surface area contributed by atoms with Crippen molar-refractivity contribution in [1.29, 1.82) is 0 Å². The van der Waals surface area contributed by atoms with Crippen molar-refractivity contribution in [2.75, 3.05) is 5.32 Å². The standard InChI is InChI=1S/C23H20N2OS/c1-2-19(16-8-4-3-5-9-16)22(26)24-18-14-12-17(13-15-18)23-25-20-10-6-7-11-21(20)27-23/h3-15,19H,2H2,1H3,(H,24,26)/t19-/m0/s1. The van der Waals surface area contributed by atoms with Gasteiger partial charge in [-0.25, -0.2) is 4.98 Å². The van der Waals surface area contributed by atoms with Crippen LogP contribution < -0.4 is 5.32 Å². The van der Waals surface area contributed by atoms with E-state index in [1.807, 2.05) is 79.7 Å². The van der Waals surface area contributed by atoms with Gasteiger partial charge in [-0.15, -0.1) is 11.3 Å². The van der Waals surface area contributed by atoms with Gasteiger partial charge in [0.1, 0.15) is 5.01 Å². The third-order valence-electron chi connectivity index (χ3n) is 4.62. The quantitative estimate of drug-likeness (QED) is 0.460. The second kappa shape index (κ2) is 7.72. The van der Waals surface area contributed by atoms with Gasteiger partial charge in [0, 0.05) is 11.3 Å². The topological polar surface area (TPSA) is 42.0 Å². The number of amides is 1. The molecule has 0 saturated carbocycles. The van der Waals surface area contributed by atoms with E-state index in [0.717, 1.165) is 33.8 Å². The van der Waals surface area contributed by atoms with Gasteiger partial charge in [-0.1, -0.05) is 49.4 Å². The molecule has 0 radical (unpaired) electrons. The minimum atomic E-state index is -0.143. The molecule has 27 heavy (non-hydrogen) atoms. The average molecular weight is 372 g/mol. The highest BCUT2D eigenvalue weighted by molar-refractivity contribution is 7.21. The monoisotopic (exact) mass is 372 g/mol. The highest BCUT2D eigenvalue weighted by Crippen LogP contribution is 2.31. The summed E-state index contributed by atoms with van der Waals surface area (Å²) in [6.45, 7) is 2.04. The maximum atomic E-state index is 12.7. The Morgan fingerprint density at radius 3 is 2.37 bits per heavy atom. The van der Waals surface area contributed by atoms with Gasteiger partial charge in [0.15, 0.2) is 0 Å². The summed E-state index contributed by atoms with van der Waals surface area (Å²) in [5.74, 6) is -0.119. The fourth-order valence-electron chi connectivity index (χ4n) is 3.18. The predicted octanol–water partition coefficient (Wildman–Crippen LogP) is 6.10. The SMILES string of the molecule is CC[C@H](C(=O)Nc1ccc(-c2nc3ccccc3s2)cc1)c1ccccc1. The fraction of sp³-hybridized carbons (Fsp3) is 0.130. The van der Waals surface area contributed by atoms with Crippen LogP contribution in [0.15, 0.2) is 78.9 Å². The second-order valence-electron chi connectivity index (χ2n) is 6.42. The number of thiazole rings is 1. The lowest BCUT2D eigenvalue weighted by atomic mass is 9.95. The van der Waals surface area contributed by atoms with Crippen molar-refractivity contribution in [1.82, 2.24) is 4.98 Å². The molecule has 1 aromatic heterocycles. The largest absolute Gasteiger partial charge is 0.326 e. The molecular weight excluding hydrogens is 352 g/mol. The number of nitrogens with zero attached hydrogens (tertiary/aromatic N) is 1. The van der Waals surface area contributed by atoms with Crippen LogP contribution in [0.3, 0.4) is 0 Å². The van der Waals surface area contributed by atoms with Crippen LogP contribution in [0.25, 0.3) is 20.8 Å². The zero-order valence-corrected chi connectivity index (χ0v) is 15.9. The van der Waals surface area contributed by atoms with Crippen LogP contribution in [0.5, 0.6) is 0 Å². The van der Waals surface area contributed by atoms with Gasteiger partial charge in [0.25, 0.3) is 0 Å². The highest BCUT2D eigenvalue weighted by Gasteiger charge is 2.18. The Balaban J connectivity index is 1.51. The van der Waals surface area contributed by atoms with E-state index < -0.39 is 0 Å². The molecule has 0 unspecified atom stereocenters. The van der Waals surface area contributed by atoms with Crippen molar-refractivity contribution >= 4 is 33.1 Å². The Bertz CT molecular complexity index is 1020. The van der Waals surface area contributed by atoms with Crippen molar-refractivity contribution < 1.29 is 4.79 Å². The Labute approximate surface area is 162 Å². The molecule has 1 N–H and O–H groups in total. The van der Waals surface area contributed by atoms with E-state index in [-0.39, 0.29) is 11.8 Å². The number of rotatable bonds is 5. The summed E-state index contributed by atoms with van der Waals surface area (Å²) < 4.78 is 1.18. The van der Waals surface area contributed by atoms with E-state index in [1.165, 1.54) is 4.70 Å². The molecule has 0 bridgehead atoms. The number of benzene rings is 3. The molecule has 0 saturated heterocycles. The molecule has 3 aromatic carbocycles. The molecule has 0 fully saturated rings. The van der Waals surface area contributed by atoms with E-state index in [1.54, 1.807) is 11.3 Å². The molecule has 1 atom stereocenters. The number of fused-ring (bicyclic) bond motifs is 1. The van der Waals surface area contributed by atoms with Gasteiger partial charge in [0.05, 0.1) is 16.1 Å². The van der Waals surface area contributed by atoms with Gasteiger partial charge in [0.2, 0.25) is 5.91 Å². The molecule has 4 aromatic rings. The number of carbonyl (C=O) groups is 1. The smallest absolute Gasteiger partial charge is 0.231 e. The summed E-state index contributed by atoms with van der Waals surface area (Å²) in [6, 6.07) is 26.0. The van der Waals surface area contributed by atoms with Crippen LogP contribution in [0, 0.1) is 0 Å². The van der Waals surface area contributed by atoms with Crippen molar-refractivity contribution in [2.45, 2.75) is 19.3 Å². The zero-order chi connectivity index (χ0) is 18.6. The molecule has 0 aliphatic carbocycles. The van der Waals surface area contributed by atoms with Crippen LogP contribution >= 0.6 is 11.3 Å². The Kier molecular flexibility index (Phi) is 4.99. The number of nitrogens with one attached hydrogen (secondary N) is 1. The van der Waals surface area contributed by atoms with Gasteiger partial charge < -0.3 is 5.32 Å². The van der Waals surface area contributed by atoms with Crippen molar-refractivity contribution in [3.63, 3.8) is 0 Å². The number of hydrogen-bond donors (Lipinski definition) is 1. The first-order valence-electron chi connectivity index (χ1n) is 9.06. The lowest BCUT2D eigenvalue weighted by Crippen LogP contribution is -2.20. The molecule has 3 nitrogen and oxygen atoms in total. The van der Waals surface area contributed by atoms with E-state index in [0.29, 0.717) is 0 Å². The molecule has 1 amide bonds. The first-order chi connectivity index (χ1) is 13.2. The number of hydrogen-bond acceptors (Lipinski definition) is 3. The van der Waals surface area contributed by atoms with Crippen LogP contribution in [0.1, 0.15) is 24.8 Å². The Morgan fingerprint density at radius 1 is 0.963 bits per heavy atom. The molecule has 1 heterocycles. The van der Waals surface area contributed by atoms with E-state index in [4.69, 9.17) is 0 Å². The third-order valence-corrected chi connectivity index (χ3v) is 5.71. The molecule has 0 spiro atoms. The summed E-state index contributed by atoms with van der Waals surface area (Å²) in [5.41, 5.74) is 3.93. The third kappa shape index (κ3) is 3.76. The van der Waals surface area contributed by atoms with Crippen LogP contribution in [0.2, 0.25) is 0 Å². The minimum absolute atomic E-state index is 0.0245. The Hall–Kier alpha value is -2.98. The summed E-state index contributed by atoms with van der Waals surface area (Å²) in [6.07, 6.45) is 0.764. The van der Waals surface area contributed by atoms with Crippen molar-refractivity contribution in [2.24, 2.45) is 0 Å². The number of carbonyl (C=O) groups excluding carboxylic acids is 1. The molecule has 4 heteroatoms. The summed E-state index contributed by atoms with van der Waals surface area (Å²) in [7, 11) is 0. The maximum absolute atomic E-state index is 12.7. The normalized spacial score (nSPS) is 12.0. The van der Waals surface area contributed by atoms with Crippen molar-refractivity contribution in [3.8, 4) is 10.6 Å². The second-order valence-corrected chi connectivity index (χ2v) is 7.46. The van der Waals surface area contributed by atoms with Gasteiger partial charge in [-0.2, -0.15) is 0 Å². The predicted molar refractivity (Wildman–Crippen MR) is 113 cm³/mol. The van der Waals surface area contributed by atoms with Gasteiger partial charge >= 0.3 is 0 Å². The number of aromatic nitrogens is 1. The summed E-state index contributed by atoms with van der Waals surface area (Å²) in [4.78, 5) is 17.4. The molecule has 4 rings (SSSR count). The fourth-order valence-corrected chi connectivity index (χ4v) is 4.15. The maximum Gasteiger partial charge on any atom is 0.231 e. The van der Waals surface area contributed by atoms with Gasteiger partial charge in [-0.05, 0) is 48.4 Å². The van der Waals surface area contributed by atoms with Crippen LogP contribution in [-0.4, -0.2) is 10.9 Å². The minimum Gasteiger partial charge on any atom is -0.326 e. The average Bonchev–Trinajstić information content (AvgIpc) is 3.14. The number of para-hydroxylation sites is 1. The van der Waals surface area contributed by atoms with Crippen molar-refractivity contribution in [3.05, 3.63) is 84.4 Å². The van der Waals surface area contributed by atoms with Gasteiger partial charge in [-0.3, -0.25) is 4.79 Å². The van der Waals surface area contributed by atoms with E-state index >= 15 is 0 Å². The van der Waals surface area contributed by atoms with E-state index in [9.17, 15) is 4.79 Å². The highest BCUT2D eigenvalue weighted by atomic mass is 32.1. The molecule has 0 aliphatic rings.